The van der Waals surface area contributed by atoms with E-state index in [0.29, 0.717) is 0 Å². The second-order valence-electron chi connectivity index (χ2n) is 5.90. The molecule has 0 aliphatic rings. The highest BCUT2D eigenvalue weighted by Gasteiger charge is 2.07. The van der Waals surface area contributed by atoms with Crippen LogP contribution in [-0.2, 0) is 13.1 Å². The summed E-state index contributed by atoms with van der Waals surface area (Å²) in [5.41, 5.74) is 5.42. The Kier molecular flexibility index (Phi) is 4.48. The zero-order chi connectivity index (χ0) is 16.2. The Hall–Kier alpha value is -2.53. The lowest BCUT2D eigenvalue weighted by Crippen LogP contribution is -2.17. The molecule has 2 aromatic heterocycles. The van der Waals surface area contributed by atoms with E-state index >= 15 is 0 Å². The van der Waals surface area contributed by atoms with Crippen molar-refractivity contribution < 1.29 is 0 Å². The van der Waals surface area contributed by atoms with Crippen LogP contribution in [0.3, 0.4) is 0 Å². The van der Waals surface area contributed by atoms with Crippen molar-refractivity contribution in [3.05, 3.63) is 71.6 Å². The van der Waals surface area contributed by atoms with Crippen molar-refractivity contribution in [2.75, 3.05) is 7.05 Å². The molecule has 3 aromatic rings. The smallest absolute Gasteiger partial charge is 0.0727 e. The third-order valence-corrected chi connectivity index (χ3v) is 3.72. The number of benzene rings is 1. The minimum atomic E-state index is 0.767. The Balaban J connectivity index is 1.67. The number of nitrogens with zero attached hydrogens (tertiary/aromatic N) is 5. The highest BCUT2D eigenvalue weighted by Crippen LogP contribution is 2.14. The maximum Gasteiger partial charge on any atom is 0.0727 e. The highest BCUT2D eigenvalue weighted by atomic mass is 15.3. The van der Waals surface area contributed by atoms with Crippen molar-refractivity contribution >= 4 is 0 Å². The van der Waals surface area contributed by atoms with Crippen molar-refractivity contribution in [3.63, 3.8) is 0 Å². The Morgan fingerprint density at radius 2 is 1.83 bits per heavy atom. The van der Waals surface area contributed by atoms with Gasteiger partial charge in [0, 0.05) is 37.2 Å². The van der Waals surface area contributed by atoms with E-state index in [1.54, 1.807) is 6.20 Å². The summed E-state index contributed by atoms with van der Waals surface area (Å²) in [4.78, 5) is 10.9. The summed E-state index contributed by atoms with van der Waals surface area (Å²) in [5, 5.41) is 4.48. The Morgan fingerprint density at radius 1 is 1.00 bits per heavy atom. The number of aryl methyl sites for hydroxylation is 2. The molecule has 0 amide bonds. The fourth-order valence-electron chi connectivity index (χ4n) is 2.54. The number of rotatable bonds is 5. The van der Waals surface area contributed by atoms with Gasteiger partial charge in [0.2, 0.25) is 0 Å². The summed E-state index contributed by atoms with van der Waals surface area (Å²) >= 11 is 0. The van der Waals surface area contributed by atoms with E-state index in [1.165, 1.54) is 11.1 Å². The lowest BCUT2D eigenvalue weighted by Gasteiger charge is -2.14. The quantitative estimate of drug-likeness (QED) is 0.727. The minimum absolute atomic E-state index is 0.767. The molecule has 0 N–H and O–H groups in total. The van der Waals surface area contributed by atoms with E-state index in [0.717, 1.165) is 30.2 Å². The minimum Gasteiger partial charge on any atom is -0.296 e. The van der Waals surface area contributed by atoms with Gasteiger partial charge in [0.05, 0.1) is 23.3 Å². The molecule has 3 rings (SSSR count). The topological polar surface area (TPSA) is 46.8 Å². The standard InChI is InChI=1S/C18H21N5/c1-14-6-4-5-7-18(14)23-12-16(9-21-23)11-22(3)13-17-10-19-15(2)8-20-17/h4-10,12H,11,13H2,1-3H3. The number of hydrogen-bond donors (Lipinski definition) is 0. The second-order valence-corrected chi connectivity index (χ2v) is 5.90. The maximum absolute atomic E-state index is 4.48. The number of aromatic nitrogens is 4. The molecule has 0 fully saturated rings. The first kappa shape index (κ1) is 15.4. The second kappa shape index (κ2) is 6.71. The monoisotopic (exact) mass is 307 g/mol. The van der Waals surface area contributed by atoms with Gasteiger partial charge in [-0.25, -0.2) is 4.68 Å². The molecule has 0 bridgehead atoms. The van der Waals surface area contributed by atoms with Crippen LogP contribution in [0.5, 0.6) is 0 Å². The van der Waals surface area contributed by atoms with Crippen molar-refractivity contribution in [2.45, 2.75) is 26.9 Å². The summed E-state index contributed by atoms with van der Waals surface area (Å²) in [6.45, 7) is 5.63. The number of hydrogen-bond acceptors (Lipinski definition) is 4. The largest absolute Gasteiger partial charge is 0.296 e. The van der Waals surface area contributed by atoms with Crippen molar-refractivity contribution in [2.24, 2.45) is 0 Å². The summed E-state index contributed by atoms with van der Waals surface area (Å²) in [7, 11) is 2.08. The summed E-state index contributed by atoms with van der Waals surface area (Å²) in [6.07, 6.45) is 7.64. The molecule has 0 spiro atoms. The zero-order valence-electron chi connectivity index (χ0n) is 13.8. The number of para-hydroxylation sites is 1. The summed E-state index contributed by atoms with van der Waals surface area (Å²) in [5.74, 6) is 0. The van der Waals surface area contributed by atoms with Crippen LogP contribution < -0.4 is 0 Å². The average molecular weight is 307 g/mol. The van der Waals surface area contributed by atoms with Crippen LogP contribution in [0.25, 0.3) is 5.69 Å². The maximum atomic E-state index is 4.48. The predicted octanol–water partition coefficient (Wildman–Crippen LogP) is 2.91. The van der Waals surface area contributed by atoms with Gasteiger partial charge in [0.25, 0.3) is 0 Å². The molecule has 0 aliphatic carbocycles. The predicted molar refractivity (Wildman–Crippen MR) is 90.2 cm³/mol. The van der Waals surface area contributed by atoms with E-state index < -0.39 is 0 Å². The van der Waals surface area contributed by atoms with Crippen LogP contribution in [0.4, 0.5) is 0 Å². The van der Waals surface area contributed by atoms with E-state index in [9.17, 15) is 0 Å². The first-order valence-electron chi connectivity index (χ1n) is 7.67. The van der Waals surface area contributed by atoms with Gasteiger partial charge in [-0.2, -0.15) is 5.10 Å². The molecular weight excluding hydrogens is 286 g/mol. The van der Waals surface area contributed by atoms with Crippen molar-refractivity contribution in [1.29, 1.82) is 0 Å². The molecule has 1 aromatic carbocycles. The lowest BCUT2D eigenvalue weighted by atomic mass is 10.2. The van der Waals surface area contributed by atoms with Gasteiger partial charge >= 0.3 is 0 Å². The highest BCUT2D eigenvalue weighted by molar-refractivity contribution is 5.39. The van der Waals surface area contributed by atoms with Crippen LogP contribution in [0.1, 0.15) is 22.5 Å². The average Bonchev–Trinajstić information content (AvgIpc) is 2.98. The van der Waals surface area contributed by atoms with Crippen LogP contribution in [-0.4, -0.2) is 31.7 Å². The van der Waals surface area contributed by atoms with E-state index in [-0.39, 0.29) is 0 Å². The van der Waals surface area contributed by atoms with Gasteiger partial charge in [-0.1, -0.05) is 18.2 Å². The summed E-state index contributed by atoms with van der Waals surface area (Å²) < 4.78 is 1.93. The van der Waals surface area contributed by atoms with E-state index in [4.69, 9.17) is 0 Å². The van der Waals surface area contributed by atoms with Crippen LogP contribution >= 0.6 is 0 Å². The molecule has 0 unspecified atom stereocenters. The van der Waals surface area contributed by atoms with Crippen LogP contribution in [0, 0.1) is 13.8 Å². The fourth-order valence-corrected chi connectivity index (χ4v) is 2.54. The zero-order valence-corrected chi connectivity index (χ0v) is 13.8. The third-order valence-electron chi connectivity index (χ3n) is 3.72. The molecule has 0 saturated heterocycles. The SMILES string of the molecule is Cc1cnc(CN(C)Cc2cnn(-c3ccccc3C)c2)cn1. The first-order chi connectivity index (χ1) is 11.1. The molecule has 23 heavy (non-hydrogen) atoms. The van der Waals surface area contributed by atoms with Gasteiger partial charge in [0.1, 0.15) is 0 Å². The van der Waals surface area contributed by atoms with Crippen molar-refractivity contribution in [3.8, 4) is 5.69 Å². The molecule has 118 valence electrons. The van der Waals surface area contributed by atoms with Crippen molar-refractivity contribution in [1.82, 2.24) is 24.6 Å². The molecule has 5 nitrogen and oxygen atoms in total. The molecule has 0 aliphatic heterocycles. The fraction of sp³-hybridized carbons (Fsp3) is 0.278. The van der Waals surface area contributed by atoms with Crippen LogP contribution in [0.2, 0.25) is 0 Å². The third kappa shape index (κ3) is 3.81. The molecule has 5 heteroatoms. The van der Waals surface area contributed by atoms with E-state index in [1.807, 2.05) is 36.1 Å². The molecule has 2 heterocycles. The van der Waals surface area contributed by atoms with Crippen LogP contribution in [0.15, 0.2) is 49.1 Å². The van der Waals surface area contributed by atoms with Gasteiger partial charge in [-0.15, -0.1) is 0 Å². The van der Waals surface area contributed by atoms with E-state index in [2.05, 4.69) is 52.3 Å². The first-order valence-corrected chi connectivity index (χ1v) is 7.67. The van der Waals surface area contributed by atoms with Gasteiger partial charge in [-0.3, -0.25) is 14.9 Å². The Bertz CT molecular complexity index is 776. The van der Waals surface area contributed by atoms with Gasteiger partial charge < -0.3 is 0 Å². The molecule has 0 radical (unpaired) electrons. The normalized spacial score (nSPS) is 11.1. The van der Waals surface area contributed by atoms with Gasteiger partial charge in [0.15, 0.2) is 0 Å². The molecule has 0 atom stereocenters. The summed E-state index contributed by atoms with van der Waals surface area (Å²) in [6, 6.07) is 8.25. The molecular formula is C18H21N5. The lowest BCUT2D eigenvalue weighted by molar-refractivity contribution is 0.314. The van der Waals surface area contributed by atoms with Gasteiger partial charge in [-0.05, 0) is 32.5 Å². The molecule has 0 saturated carbocycles. The Labute approximate surface area is 136 Å². The Morgan fingerprint density at radius 3 is 2.57 bits per heavy atom.